The van der Waals surface area contributed by atoms with Crippen LogP contribution >= 0.6 is 0 Å². The van der Waals surface area contributed by atoms with E-state index in [-0.39, 0.29) is 25.9 Å². The van der Waals surface area contributed by atoms with Crippen molar-refractivity contribution < 1.29 is 38.8 Å². The van der Waals surface area contributed by atoms with Crippen LogP contribution in [-0.2, 0) is 27.4 Å². The molecule has 6 aromatic heterocycles. The second kappa shape index (κ2) is 22.6. The van der Waals surface area contributed by atoms with Crippen molar-refractivity contribution >= 4 is 63.6 Å². The average Bonchev–Trinajstić information content (AvgIpc) is 4.15. The fraction of sp³-hybridized carbons (Fsp3) is 0.326. The van der Waals surface area contributed by atoms with Crippen LogP contribution in [0, 0.1) is 0 Å². The Bertz CT molecular complexity index is 2960. The van der Waals surface area contributed by atoms with Crippen molar-refractivity contribution in [3.63, 3.8) is 0 Å². The molecule has 26 heteroatoms. The Morgan fingerprint density at radius 3 is 1.57 bits per heavy atom. The molecule has 26 nitrogen and oxygen atoms in total. The molecule has 0 aliphatic rings. The first-order chi connectivity index (χ1) is 33.3. The number of nitrogens with one attached hydrogen (secondary N) is 3. The van der Waals surface area contributed by atoms with Crippen LogP contribution in [0.25, 0.3) is 33.7 Å². The van der Waals surface area contributed by atoms with Gasteiger partial charge in [-0.3, -0.25) is 19.0 Å². The van der Waals surface area contributed by atoms with Crippen molar-refractivity contribution in [2.45, 2.75) is 65.1 Å². The van der Waals surface area contributed by atoms with Gasteiger partial charge < -0.3 is 46.1 Å². The van der Waals surface area contributed by atoms with Crippen molar-refractivity contribution in [2.24, 2.45) is 5.73 Å². The highest BCUT2D eigenvalue weighted by molar-refractivity contribution is 5.74. The maximum Gasteiger partial charge on any atom is 0.407 e. The largest absolute Gasteiger partial charge is 0.494 e. The Balaban J connectivity index is 0.000000208. The normalized spacial score (nSPS) is 11.2. The first kappa shape index (κ1) is 48.1. The van der Waals surface area contributed by atoms with Gasteiger partial charge in [-0.05, 0) is 88.7 Å². The fourth-order valence-corrected chi connectivity index (χ4v) is 6.08. The summed E-state index contributed by atoms with van der Waals surface area (Å²) in [5.41, 5.74) is 9.70. The summed E-state index contributed by atoms with van der Waals surface area (Å²) in [7, 11) is 0. The van der Waals surface area contributed by atoms with Crippen LogP contribution in [0.3, 0.4) is 0 Å². The number of carbonyl (C=O) groups excluding carboxylic acids is 1. The Morgan fingerprint density at radius 1 is 0.667 bits per heavy atom. The van der Waals surface area contributed by atoms with Crippen LogP contribution < -0.4 is 31.2 Å². The number of aromatic nitrogens is 14. The molecular formula is C43H50N18O8. The van der Waals surface area contributed by atoms with Crippen molar-refractivity contribution in [3.8, 4) is 22.9 Å². The molecule has 0 aliphatic carbocycles. The molecule has 8 aromatic rings. The number of carbonyl (C=O) groups is 3. The van der Waals surface area contributed by atoms with Gasteiger partial charge in [-0.2, -0.15) is 29.5 Å². The number of carboxylic acids is 2. The van der Waals surface area contributed by atoms with E-state index in [1.165, 1.54) is 18.7 Å². The molecule has 0 saturated carbocycles. The Morgan fingerprint density at radius 2 is 1.13 bits per heavy atom. The summed E-state index contributed by atoms with van der Waals surface area (Å²) in [6, 6.07) is 14.8. The topological polar surface area (TPSA) is 330 Å². The predicted octanol–water partition coefficient (Wildman–Crippen LogP) is 4.27. The van der Waals surface area contributed by atoms with Gasteiger partial charge in [0.15, 0.2) is 22.3 Å². The number of fused-ring (bicyclic) bond motifs is 2. The Kier molecular flexibility index (Phi) is 15.8. The van der Waals surface area contributed by atoms with E-state index < -0.39 is 23.6 Å². The molecule has 360 valence electrons. The minimum atomic E-state index is -0.899. The molecule has 7 N–H and O–H groups in total. The minimum absolute atomic E-state index is 0.0215. The number of benzene rings is 2. The van der Waals surface area contributed by atoms with E-state index in [2.05, 4.69) is 66.7 Å². The lowest BCUT2D eigenvalue weighted by molar-refractivity contribution is -0.138. The molecule has 0 fully saturated rings. The Hall–Kier alpha value is -8.81. The second-order valence-corrected chi connectivity index (χ2v) is 15.9. The summed E-state index contributed by atoms with van der Waals surface area (Å²) < 4.78 is 22.6. The SMILES string of the molecule is CC(C)(C)OC(=O)NCCCOc1ccc(Nc2ncc3nnn(-c4cnn(CCC(=O)O)c4)c3n2)cc1.NCCCOc1ccc(Nc2ncc3nnn(-c4cnn(CCC(=O)O)c4)c3n2)cc1. The molecule has 2 aromatic carbocycles. The van der Waals surface area contributed by atoms with E-state index in [9.17, 15) is 14.4 Å². The van der Waals surface area contributed by atoms with Crippen molar-refractivity contribution in [1.82, 2.24) is 74.8 Å². The van der Waals surface area contributed by atoms with Gasteiger partial charge in [0.05, 0.1) is 76.3 Å². The van der Waals surface area contributed by atoms with Crippen LogP contribution in [0.4, 0.5) is 28.1 Å². The van der Waals surface area contributed by atoms with Crippen molar-refractivity contribution in [2.75, 3.05) is 36.9 Å². The van der Waals surface area contributed by atoms with Gasteiger partial charge in [0, 0.05) is 17.9 Å². The van der Waals surface area contributed by atoms with Crippen LogP contribution in [0.5, 0.6) is 11.5 Å². The number of aryl methyl sites for hydroxylation is 2. The highest BCUT2D eigenvalue weighted by atomic mass is 16.6. The summed E-state index contributed by atoms with van der Waals surface area (Å²) >= 11 is 0. The number of carboxylic acid groups (broad SMARTS) is 2. The smallest absolute Gasteiger partial charge is 0.407 e. The molecule has 6 heterocycles. The number of amides is 1. The number of hydrogen-bond donors (Lipinski definition) is 6. The molecule has 69 heavy (non-hydrogen) atoms. The van der Waals surface area contributed by atoms with E-state index >= 15 is 0 Å². The van der Waals surface area contributed by atoms with Gasteiger partial charge >= 0.3 is 18.0 Å². The zero-order valence-electron chi connectivity index (χ0n) is 37.8. The third-order valence-electron chi connectivity index (χ3n) is 9.32. The fourth-order valence-electron chi connectivity index (χ4n) is 6.08. The van der Waals surface area contributed by atoms with Crippen LogP contribution in [0.1, 0.15) is 46.5 Å². The summed E-state index contributed by atoms with van der Waals surface area (Å²) in [4.78, 5) is 50.8. The quantitative estimate of drug-likeness (QED) is 0.0548. The minimum Gasteiger partial charge on any atom is -0.494 e. The highest BCUT2D eigenvalue weighted by Gasteiger charge is 2.17. The first-order valence-corrected chi connectivity index (χ1v) is 21.6. The standard InChI is InChI=1S/C24H29N9O5.C19H21N9O3/c1-24(2,3)38-23(36)25-10-4-12-37-18-7-5-16(6-8-18)28-22-26-14-19-21(29-22)33(31-30-19)17-13-27-32(15-17)11-9-20(34)35;20-7-1-9-31-15-4-2-13(3-5-15)23-19-21-11-16-18(24-19)28(26-25-16)14-10-22-27(12-14)8-6-17(29)30/h5-8,13-15H,4,9-12H2,1-3H3,(H,25,36)(H,34,35)(H,26,28,29);2-5,10-12H,1,6-9,20H2,(H,29,30)(H,21,23,24). The predicted molar refractivity (Wildman–Crippen MR) is 248 cm³/mol. The molecule has 0 spiro atoms. The van der Waals surface area contributed by atoms with Gasteiger partial charge in [0.1, 0.15) is 28.5 Å². The molecule has 0 aliphatic heterocycles. The summed E-state index contributed by atoms with van der Waals surface area (Å²) in [5.74, 6) is 0.391. The van der Waals surface area contributed by atoms with Gasteiger partial charge in [-0.25, -0.2) is 14.8 Å². The zero-order valence-corrected chi connectivity index (χ0v) is 37.8. The second-order valence-electron chi connectivity index (χ2n) is 15.9. The Labute approximate surface area is 392 Å². The lowest BCUT2D eigenvalue weighted by Crippen LogP contribution is -2.33. The van der Waals surface area contributed by atoms with Crippen molar-refractivity contribution in [1.29, 1.82) is 0 Å². The molecule has 1 amide bonds. The number of hydrogen-bond acceptors (Lipinski definition) is 19. The number of rotatable bonds is 21. The lowest BCUT2D eigenvalue weighted by Gasteiger charge is -2.19. The molecule has 0 bridgehead atoms. The van der Waals surface area contributed by atoms with Crippen LogP contribution in [0.15, 0.2) is 85.7 Å². The van der Waals surface area contributed by atoms with E-state index in [1.807, 2.05) is 69.3 Å². The molecule has 0 unspecified atom stereocenters. The number of aliphatic carboxylic acids is 2. The van der Waals surface area contributed by atoms with E-state index in [4.69, 9.17) is 30.2 Å². The highest BCUT2D eigenvalue weighted by Crippen LogP contribution is 2.23. The zero-order chi connectivity index (χ0) is 48.8. The van der Waals surface area contributed by atoms with E-state index in [1.54, 1.807) is 37.2 Å². The third-order valence-corrected chi connectivity index (χ3v) is 9.32. The first-order valence-electron chi connectivity index (χ1n) is 21.6. The molecular weight excluding hydrogens is 897 g/mol. The van der Waals surface area contributed by atoms with E-state index in [0.717, 1.165) is 23.5 Å². The van der Waals surface area contributed by atoms with Crippen LogP contribution in [-0.4, -0.2) is 130 Å². The molecule has 0 atom stereocenters. The van der Waals surface area contributed by atoms with Crippen LogP contribution in [0.2, 0.25) is 0 Å². The van der Waals surface area contributed by atoms with Gasteiger partial charge in [0.2, 0.25) is 11.9 Å². The molecule has 0 radical (unpaired) electrons. The maximum atomic E-state index is 11.7. The molecule has 8 rings (SSSR count). The van der Waals surface area contributed by atoms with Gasteiger partial charge in [-0.1, -0.05) is 10.4 Å². The lowest BCUT2D eigenvalue weighted by atomic mass is 10.2. The summed E-state index contributed by atoms with van der Waals surface area (Å²) in [6.45, 7) is 8.00. The number of nitrogens with zero attached hydrogens (tertiary/aromatic N) is 14. The number of anilines is 4. The van der Waals surface area contributed by atoms with Crippen molar-refractivity contribution in [3.05, 3.63) is 85.7 Å². The third kappa shape index (κ3) is 14.1. The number of ether oxygens (including phenoxy) is 3. The van der Waals surface area contributed by atoms with E-state index in [0.29, 0.717) is 84.1 Å². The van der Waals surface area contributed by atoms with Gasteiger partial charge in [-0.15, -0.1) is 10.2 Å². The monoisotopic (exact) mass is 946 g/mol. The summed E-state index contributed by atoms with van der Waals surface area (Å²) in [6.07, 6.45) is 10.6. The maximum absolute atomic E-state index is 11.7. The molecule has 0 saturated heterocycles. The summed E-state index contributed by atoms with van der Waals surface area (Å²) in [5, 5.41) is 51.4. The number of nitrogens with two attached hydrogens (primary N) is 1. The average molecular weight is 947 g/mol. The van der Waals surface area contributed by atoms with Gasteiger partial charge in [0.25, 0.3) is 0 Å². The number of alkyl carbamates (subject to hydrolysis) is 1.